The maximum absolute atomic E-state index is 12.9. The maximum Gasteiger partial charge on any atom is 0.272 e. The van der Waals surface area contributed by atoms with Gasteiger partial charge in [-0.05, 0) is 44.4 Å². The number of hydrogen-bond acceptors (Lipinski definition) is 4. The molecule has 5 nitrogen and oxygen atoms in total. The Morgan fingerprint density at radius 2 is 1.93 bits per heavy atom. The van der Waals surface area contributed by atoms with Crippen molar-refractivity contribution >= 4 is 5.91 Å². The third-order valence-corrected chi connectivity index (χ3v) is 6.11. The van der Waals surface area contributed by atoms with Crippen LogP contribution in [0.1, 0.15) is 60.5 Å². The normalized spacial score (nSPS) is 23.9. The molecule has 2 saturated heterocycles. The van der Waals surface area contributed by atoms with Crippen LogP contribution < -0.4 is 0 Å². The lowest BCUT2D eigenvalue weighted by Crippen LogP contribution is -2.52. The monoisotopic (exact) mass is 394 g/mol. The molecule has 0 saturated carbocycles. The van der Waals surface area contributed by atoms with Crippen molar-refractivity contribution in [3.8, 4) is 0 Å². The second-order valence-electron chi connectivity index (χ2n) is 8.17. The number of nitrogens with zero attached hydrogens (tertiary/aromatic N) is 2. The van der Waals surface area contributed by atoms with Gasteiger partial charge in [0.25, 0.3) is 5.91 Å². The number of aromatic nitrogens is 1. The Kier molecular flexibility index (Phi) is 5.97. The minimum Gasteiger partial charge on any atom is -0.378 e. The topological polar surface area (TPSA) is 51.7 Å². The van der Waals surface area contributed by atoms with Crippen molar-refractivity contribution in [1.82, 2.24) is 9.88 Å². The van der Waals surface area contributed by atoms with E-state index in [1.807, 2.05) is 30.0 Å². The Morgan fingerprint density at radius 3 is 2.62 bits per heavy atom. The van der Waals surface area contributed by atoms with Gasteiger partial charge in [-0.1, -0.05) is 36.4 Å². The highest BCUT2D eigenvalue weighted by Gasteiger charge is 2.45. The Labute approximate surface area is 173 Å². The Bertz CT molecular complexity index is 831. The van der Waals surface area contributed by atoms with E-state index in [0.717, 1.165) is 31.4 Å². The number of aryl methyl sites for hydroxylation is 1. The number of hydrogen-bond donors (Lipinski definition) is 0. The van der Waals surface area contributed by atoms with Gasteiger partial charge in [0, 0.05) is 38.2 Å². The predicted octanol–water partition coefficient (Wildman–Crippen LogP) is 4.32. The molecule has 1 aromatic carbocycles. The Balaban J connectivity index is 1.47. The smallest absolute Gasteiger partial charge is 0.272 e. The average Bonchev–Trinajstić information content (AvgIpc) is 2.74. The van der Waals surface area contributed by atoms with Crippen LogP contribution in [0.4, 0.5) is 0 Å². The van der Waals surface area contributed by atoms with Crippen LogP contribution in [-0.4, -0.2) is 47.2 Å². The fourth-order valence-corrected chi connectivity index (χ4v) is 4.63. The van der Waals surface area contributed by atoms with Gasteiger partial charge in [0.1, 0.15) is 5.69 Å². The van der Waals surface area contributed by atoms with E-state index >= 15 is 0 Å². The number of rotatable bonds is 4. The first-order chi connectivity index (χ1) is 14.1. The number of benzene rings is 1. The Morgan fingerprint density at radius 1 is 1.17 bits per heavy atom. The zero-order valence-electron chi connectivity index (χ0n) is 17.3. The van der Waals surface area contributed by atoms with Gasteiger partial charge in [0.05, 0.1) is 17.8 Å². The van der Waals surface area contributed by atoms with Gasteiger partial charge in [-0.2, -0.15) is 0 Å². The molecule has 0 N–H and O–H groups in total. The molecule has 2 atom stereocenters. The highest BCUT2D eigenvalue weighted by molar-refractivity contribution is 5.92. The molecule has 2 aromatic rings. The predicted molar refractivity (Wildman–Crippen MR) is 112 cm³/mol. The summed E-state index contributed by atoms with van der Waals surface area (Å²) in [7, 11) is 0. The number of carbonyl (C=O) groups excluding carboxylic acids is 1. The molecular weight excluding hydrogens is 364 g/mol. The summed E-state index contributed by atoms with van der Waals surface area (Å²) in [6.45, 7) is 6.06. The fourth-order valence-electron chi connectivity index (χ4n) is 4.63. The van der Waals surface area contributed by atoms with Crippen LogP contribution in [0.2, 0.25) is 0 Å². The SMILES string of the molecule is CCOC1CC(c2ccccc2)OC2(CCN(C(=O)c3cccc(C)n3)CC2)C1. The molecule has 29 heavy (non-hydrogen) atoms. The molecule has 5 heteroatoms. The number of pyridine rings is 1. The first-order valence-electron chi connectivity index (χ1n) is 10.7. The maximum atomic E-state index is 12.9. The summed E-state index contributed by atoms with van der Waals surface area (Å²) in [4.78, 5) is 19.2. The molecule has 1 aromatic heterocycles. The summed E-state index contributed by atoms with van der Waals surface area (Å²) < 4.78 is 12.7. The summed E-state index contributed by atoms with van der Waals surface area (Å²) in [5.74, 6) is 0.0142. The van der Waals surface area contributed by atoms with Gasteiger partial charge in [0.2, 0.25) is 0 Å². The molecule has 0 bridgehead atoms. The zero-order chi connectivity index (χ0) is 20.3. The Hall–Kier alpha value is -2.24. The van der Waals surface area contributed by atoms with E-state index in [4.69, 9.17) is 9.47 Å². The lowest BCUT2D eigenvalue weighted by atomic mass is 9.80. The van der Waals surface area contributed by atoms with Crippen LogP contribution in [0.25, 0.3) is 0 Å². The van der Waals surface area contributed by atoms with Crippen LogP contribution >= 0.6 is 0 Å². The molecule has 4 rings (SSSR count). The van der Waals surface area contributed by atoms with E-state index in [9.17, 15) is 4.79 Å². The molecule has 2 fully saturated rings. The number of likely N-dealkylation sites (tertiary alicyclic amines) is 1. The molecule has 1 spiro atoms. The van der Waals surface area contributed by atoms with Crippen molar-refractivity contribution in [2.75, 3.05) is 19.7 Å². The van der Waals surface area contributed by atoms with E-state index in [2.05, 4.69) is 36.2 Å². The largest absolute Gasteiger partial charge is 0.378 e. The standard InChI is InChI=1S/C24H30N2O3/c1-3-28-20-16-22(19-9-5-4-6-10-19)29-24(17-20)12-14-26(15-13-24)23(27)21-11-7-8-18(2)25-21/h4-11,20,22H,3,12-17H2,1-2H3. The van der Waals surface area contributed by atoms with Gasteiger partial charge in [-0.3, -0.25) is 4.79 Å². The van der Waals surface area contributed by atoms with E-state index in [0.29, 0.717) is 25.4 Å². The molecule has 0 aliphatic carbocycles. The zero-order valence-corrected chi connectivity index (χ0v) is 17.3. The minimum absolute atomic E-state index is 0.0142. The molecule has 2 aliphatic rings. The van der Waals surface area contributed by atoms with E-state index < -0.39 is 0 Å². The third-order valence-electron chi connectivity index (χ3n) is 6.11. The van der Waals surface area contributed by atoms with Crippen molar-refractivity contribution in [1.29, 1.82) is 0 Å². The molecule has 2 aliphatic heterocycles. The van der Waals surface area contributed by atoms with Crippen LogP contribution in [0, 0.1) is 6.92 Å². The van der Waals surface area contributed by atoms with Crippen LogP contribution in [-0.2, 0) is 9.47 Å². The lowest BCUT2D eigenvalue weighted by molar-refractivity contribution is -0.190. The summed E-state index contributed by atoms with van der Waals surface area (Å²) in [5.41, 5.74) is 2.37. The van der Waals surface area contributed by atoms with Crippen molar-refractivity contribution in [2.24, 2.45) is 0 Å². The highest BCUT2D eigenvalue weighted by Crippen LogP contribution is 2.44. The van der Waals surface area contributed by atoms with E-state index in [-0.39, 0.29) is 23.7 Å². The third kappa shape index (κ3) is 4.51. The summed E-state index contributed by atoms with van der Waals surface area (Å²) in [5, 5.41) is 0. The quantitative estimate of drug-likeness (QED) is 0.775. The first kappa shape index (κ1) is 20.0. The number of piperidine rings is 1. The highest BCUT2D eigenvalue weighted by atomic mass is 16.5. The van der Waals surface area contributed by atoms with Gasteiger partial charge in [-0.25, -0.2) is 4.98 Å². The molecule has 154 valence electrons. The minimum atomic E-state index is -0.227. The fraction of sp³-hybridized carbons (Fsp3) is 0.500. The summed E-state index contributed by atoms with van der Waals surface area (Å²) >= 11 is 0. The number of amides is 1. The van der Waals surface area contributed by atoms with Crippen molar-refractivity contribution in [2.45, 2.75) is 57.3 Å². The number of ether oxygens (including phenoxy) is 2. The molecule has 0 radical (unpaired) electrons. The van der Waals surface area contributed by atoms with E-state index in [1.54, 1.807) is 6.07 Å². The van der Waals surface area contributed by atoms with Gasteiger partial charge in [-0.15, -0.1) is 0 Å². The second kappa shape index (κ2) is 8.64. The van der Waals surface area contributed by atoms with Gasteiger partial charge >= 0.3 is 0 Å². The molecule has 3 heterocycles. The summed E-state index contributed by atoms with van der Waals surface area (Å²) in [6, 6.07) is 16.0. The van der Waals surface area contributed by atoms with Gasteiger partial charge in [0.15, 0.2) is 0 Å². The van der Waals surface area contributed by atoms with Crippen LogP contribution in [0.3, 0.4) is 0 Å². The summed E-state index contributed by atoms with van der Waals surface area (Å²) in [6.07, 6.45) is 3.68. The average molecular weight is 395 g/mol. The van der Waals surface area contributed by atoms with E-state index in [1.165, 1.54) is 5.56 Å². The van der Waals surface area contributed by atoms with Crippen molar-refractivity contribution in [3.63, 3.8) is 0 Å². The van der Waals surface area contributed by atoms with Crippen molar-refractivity contribution < 1.29 is 14.3 Å². The lowest BCUT2D eigenvalue weighted by Gasteiger charge is -2.48. The molecular formula is C24H30N2O3. The van der Waals surface area contributed by atoms with Crippen molar-refractivity contribution in [3.05, 3.63) is 65.5 Å². The second-order valence-corrected chi connectivity index (χ2v) is 8.17. The first-order valence-corrected chi connectivity index (χ1v) is 10.7. The molecule has 1 amide bonds. The molecule has 2 unspecified atom stereocenters. The number of carbonyl (C=O) groups is 1. The van der Waals surface area contributed by atoms with Crippen LogP contribution in [0.5, 0.6) is 0 Å². The van der Waals surface area contributed by atoms with Crippen LogP contribution in [0.15, 0.2) is 48.5 Å². The van der Waals surface area contributed by atoms with Gasteiger partial charge < -0.3 is 14.4 Å².